The number of hydrogen-bond acceptors (Lipinski definition) is 5. The zero-order chi connectivity index (χ0) is 29.5. The van der Waals surface area contributed by atoms with E-state index >= 15 is 0 Å². The van der Waals surface area contributed by atoms with Gasteiger partial charge in [-0.2, -0.15) is 0 Å². The molecule has 3 amide bonds. The number of hydrogen-bond donors (Lipinski definition) is 4. The Balaban J connectivity index is 2.39. The summed E-state index contributed by atoms with van der Waals surface area (Å²) in [6.07, 6.45) is 6.88. The molecule has 40 heavy (non-hydrogen) atoms. The van der Waals surface area contributed by atoms with E-state index in [1.807, 2.05) is 45.0 Å². The molecule has 1 aromatic carbocycles. The quantitative estimate of drug-likeness (QED) is 0.379. The van der Waals surface area contributed by atoms with Crippen molar-refractivity contribution in [1.82, 2.24) is 21.3 Å². The molecule has 0 saturated heterocycles. The minimum absolute atomic E-state index is 0.116. The Labute approximate surface area is 237 Å². The number of rotatable bonds is 7. The molecule has 1 aliphatic rings. The molecule has 220 valence electrons. The minimum atomic E-state index is -0.866. The van der Waals surface area contributed by atoms with Crippen LogP contribution in [0.3, 0.4) is 0 Å². The van der Waals surface area contributed by atoms with E-state index in [9.17, 15) is 18.8 Å². The highest BCUT2D eigenvalue weighted by molar-refractivity contribution is 5.93. The molecule has 1 aromatic rings. The van der Waals surface area contributed by atoms with Crippen LogP contribution in [0.5, 0.6) is 5.75 Å². The van der Waals surface area contributed by atoms with Crippen molar-refractivity contribution in [2.24, 2.45) is 5.92 Å². The number of nitrogens with one attached hydrogen (secondary N) is 4. The van der Waals surface area contributed by atoms with Gasteiger partial charge in [0.1, 0.15) is 24.4 Å². The number of benzene rings is 1. The minimum Gasteiger partial charge on any atom is -0.492 e. The predicted octanol–water partition coefficient (Wildman–Crippen LogP) is 4.06. The lowest BCUT2D eigenvalue weighted by Gasteiger charge is -2.28. The molecule has 4 N–H and O–H groups in total. The van der Waals surface area contributed by atoms with Gasteiger partial charge in [-0.3, -0.25) is 14.4 Å². The van der Waals surface area contributed by atoms with Crippen molar-refractivity contribution in [3.8, 4) is 5.75 Å². The van der Waals surface area contributed by atoms with Crippen LogP contribution in [0.4, 0.5) is 4.39 Å². The summed E-state index contributed by atoms with van der Waals surface area (Å²) in [5.41, 5.74) is 1.58. The Bertz CT molecular complexity index is 1060. The largest absolute Gasteiger partial charge is 0.492 e. The molecule has 0 aromatic heterocycles. The summed E-state index contributed by atoms with van der Waals surface area (Å²) in [5.74, 6) is -0.469. The van der Waals surface area contributed by atoms with Gasteiger partial charge in [-0.1, -0.05) is 71.0 Å². The van der Waals surface area contributed by atoms with E-state index in [-0.39, 0.29) is 30.8 Å². The lowest BCUT2D eigenvalue weighted by molar-refractivity contribution is -0.133. The van der Waals surface area contributed by atoms with Gasteiger partial charge in [-0.25, -0.2) is 4.39 Å². The molecular weight excluding hydrogens is 511 g/mol. The molecule has 1 unspecified atom stereocenters. The van der Waals surface area contributed by atoms with E-state index in [1.165, 1.54) is 12.2 Å². The summed E-state index contributed by atoms with van der Waals surface area (Å²) >= 11 is 0. The molecule has 8 nitrogen and oxygen atoms in total. The van der Waals surface area contributed by atoms with Gasteiger partial charge in [0.2, 0.25) is 17.7 Å². The van der Waals surface area contributed by atoms with Crippen molar-refractivity contribution in [3.63, 3.8) is 0 Å². The number of ether oxygens (including phenoxy) is 1. The van der Waals surface area contributed by atoms with Crippen LogP contribution in [0.15, 0.2) is 61.0 Å². The number of para-hydroxylation sites is 1. The van der Waals surface area contributed by atoms with Crippen molar-refractivity contribution < 1.29 is 23.5 Å². The maximum atomic E-state index is 13.5. The van der Waals surface area contributed by atoms with Gasteiger partial charge < -0.3 is 26.0 Å². The highest BCUT2D eigenvalue weighted by Crippen LogP contribution is 2.28. The van der Waals surface area contributed by atoms with Crippen LogP contribution in [0.2, 0.25) is 0 Å². The smallest absolute Gasteiger partial charge is 0.243 e. The summed E-state index contributed by atoms with van der Waals surface area (Å²) in [6, 6.07) is 5.41. The van der Waals surface area contributed by atoms with Gasteiger partial charge in [0.25, 0.3) is 0 Å². The van der Waals surface area contributed by atoms with E-state index < -0.39 is 29.9 Å². The Kier molecular flexibility index (Phi) is 14.1. The van der Waals surface area contributed by atoms with Crippen molar-refractivity contribution in [2.75, 3.05) is 19.7 Å². The summed E-state index contributed by atoms with van der Waals surface area (Å²) in [4.78, 5) is 39.8. The monoisotopic (exact) mass is 556 g/mol. The van der Waals surface area contributed by atoms with E-state index in [2.05, 4.69) is 34.8 Å². The van der Waals surface area contributed by atoms with E-state index in [1.54, 1.807) is 6.08 Å². The highest BCUT2D eigenvalue weighted by atomic mass is 19.1. The van der Waals surface area contributed by atoms with Gasteiger partial charge in [0, 0.05) is 13.1 Å². The summed E-state index contributed by atoms with van der Waals surface area (Å²) in [7, 11) is 0. The zero-order valence-electron chi connectivity index (χ0n) is 24.2. The van der Waals surface area contributed by atoms with Crippen LogP contribution in [0, 0.1) is 5.92 Å². The van der Waals surface area contributed by atoms with Crippen LogP contribution in [0.25, 0.3) is 0 Å². The van der Waals surface area contributed by atoms with Crippen LogP contribution < -0.4 is 26.0 Å². The van der Waals surface area contributed by atoms with Gasteiger partial charge in [0.15, 0.2) is 0 Å². The Morgan fingerprint density at radius 2 is 1.85 bits per heavy atom. The molecule has 1 aliphatic heterocycles. The molecule has 2 rings (SSSR count). The van der Waals surface area contributed by atoms with Crippen LogP contribution >= 0.6 is 0 Å². The number of halogens is 1. The zero-order valence-corrected chi connectivity index (χ0v) is 24.2. The first-order chi connectivity index (χ1) is 19.2. The van der Waals surface area contributed by atoms with Crippen molar-refractivity contribution in [1.29, 1.82) is 0 Å². The molecule has 0 radical (unpaired) electrons. The van der Waals surface area contributed by atoms with Crippen LogP contribution in [-0.4, -0.2) is 55.5 Å². The second-order valence-corrected chi connectivity index (χ2v) is 10.4. The SMILES string of the molecule is C=C/C=C(\C=C\F)C[C@H]1NCCOc2ccccc2C(C)CCNC(=O)[C@H](CCC)NC(=O)[C@@H](C(C)C)NC1=O. The third-order valence-electron chi connectivity index (χ3n) is 6.90. The maximum absolute atomic E-state index is 13.5. The fraction of sp³-hybridized carbons (Fsp3) is 0.516. The third kappa shape index (κ3) is 10.3. The first-order valence-corrected chi connectivity index (χ1v) is 14.1. The normalized spacial score (nSPS) is 24.2. The summed E-state index contributed by atoms with van der Waals surface area (Å²) in [5, 5.41) is 11.9. The number of carbonyl (C=O) groups is 3. The second-order valence-electron chi connectivity index (χ2n) is 10.4. The molecular formula is C31H45FN4O4. The van der Waals surface area contributed by atoms with E-state index in [0.29, 0.717) is 44.3 Å². The highest BCUT2D eigenvalue weighted by Gasteiger charge is 2.31. The van der Waals surface area contributed by atoms with Gasteiger partial charge in [-0.05, 0) is 54.4 Å². The Morgan fingerprint density at radius 1 is 1.10 bits per heavy atom. The molecule has 1 heterocycles. The van der Waals surface area contributed by atoms with Crippen molar-refractivity contribution >= 4 is 17.7 Å². The van der Waals surface area contributed by atoms with Gasteiger partial charge >= 0.3 is 0 Å². The topological polar surface area (TPSA) is 109 Å². The number of fused-ring (bicyclic) bond motifs is 1. The second kappa shape index (κ2) is 17.3. The van der Waals surface area contributed by atoms with Gasteiger partial charge in [0.05, 0.1) is 12.4 Å². The molecule has 0 saturated carbocycles. The molecule has 0 bridgehead atoms. The average molecular weight is 557 g/mol. The molecule has 4 atom stereocenters. The first-order valence-electron chi connectivity index (χ1n) is 14.1. The van der Waals surface area contributed by atoms with E-state index in [0.717, 1.165) is 11.3 Å². The fourth-order valence-electron chi connectivity index (χ4n) is 4.63. The van der Waals surface area contributed by atoms with Crippen LogP contribution in [0.1, 0.15) is 64.9 Å². The number of allylic oxidation sites excluding steroid dienone is 3. The lowest BCUT2D eigenvalue weighted by Crippen LogP contribution is -2.58. The molecule has 0 fully saturated rings. The summed E-state index contributed by atoms with van der Waals surface area (Å²) in [6.45, 7) is 12.4. The standard InChI is InChI=1S/C31H45FN4O4/c1-6-10-23(14-16-32)20-26-30(38)36-28(21(3)4)31(39)35-25(11-7-2)29(37)34-17-15-22(5)24-12-8-9-13-27(24)40-19-18-33-26/h6,8-10,12-14,16,21-22,25-26,28,33H,1,7,11,15,17-20H2,2-5H3,(H,34,37)(H,35,39)(H,36,38)/b16-14+,23-10+/t22?,25-,26+,28+/m0/s1. The number of amides is 3. The fourth-order valence-corrected chi connectivity index (χ4v) is 4.63. The van der Waals surface area contributed by atoms with Gasteiger partial charge in [-0.15, -0.1) is 0 Å². The maximum Gasteiger partial charge on any atom is 0.243 e. The Hall–Kier alpha value is -3.46. The first kappa shape index (κ1) is 32.8. The number of carbonyl (C=O) groups excluding carboxylic acids is 3. The molecule has 9 heteroatoms. The lowest BCUT2D eigenvalue weighted by atomic mass is 9.96. The predicted molar refractivity (Wildman–Crippen MR) is 157 cm³/mol. The summed E-state index contributed by atoms with van der Waals surface area (Å²) < 4.78 is 19.1. The Morgan fingerprint density at radius 3 is 2.52 bits per heavy atom. The third-order valence-corrected chi connectivity index (χ3v) is 6.90. The molecule has 0 spiro atoms. The van der Waals surface area contributed by atoms with Crippen molar-refractivity contribution in [2.45, 2.75) is 77.4 Å². The molecule has 0 aliphatic carbocycles. The van der Waals surface area contributed by atoms with Crippen molar-refractivity contribution in [3.05, 3.63) is 66.5 Å². The van der Waals surface area contributed by atoms with E-state index in [4.69, 9.17) is 4.74 Å². The average Bonchev–Trinajstić information content (AvgIpc) is 2.92. The van der Waals surface area contributed by atoms with Crippen LogP contribution in [-0.2, 0) is 14.4 Å².